The third-order valence-corrected chi connectivity index (χ3v) is 4.01. The highest BCUT2D eigenvalue weighted by molar-refractivity contribution is 5.28. The van der Waals surface area contributed by atoms with Crippen molar-refractivity contribution in [1.29, 1.82) is 0 Å². The van der Waals surface area contributed by atoms with Gasteiger partial charge in [0, 0.05) is 12.1 Å². The molecule has 2 rings (SSSR count). The minimum Gasteiger partial charge on any atom is -0.311 e. The van der Waals surface area contributed by atoms with Gasteiger partial charge in [0.2, 0.25) is 0 Å². The molecule has 0 saturated carbocycles. The second kappa shape index (κ2) is 5.44. The number of nitrogens with one attached hydrogen (secondary N) is 1. The molecule has 2 atom stereocenters. The topological polar surface area (TPSA) is 12.0 Å². The minimum absolute atomic E-state index is 0.260. The zero-order valence-corrected chi connectivity index (χ0v) is 12.3. The summed E-state index contributed by atoms with van der Waals surface area (Å²) in [7, 11) is 0. The van der Waals surface area contributed by atoms with Crippen molar-refractivity contribution < 1.29 is 0 Å². The van der Waals surface area contributed by atoms with Crippen LogP contribution >= 0.6 is 0 Å². The van der Waals surface area contributed by atoms with E-state index >= 15 is 0 Å². The van der Waals surface area contributed by atoms with E-state index in [2.05, 4.69) is 57.3 Å². The van der Waals surface area contributed by atoms with E-state index in [0.717, 1.165) is 0 Å². The predicted molar refractivity (Wildman–Crippen MR) is 79.1 cm³/mol. The van der Waals surface area contributed by atoms with Crippen LogP contribution in [0.5, 0.6) is 0 Å². The Balaban J connectivity index is 1.98. The second-order valence-electron chi connectivity index (χ2n) is 6.85. The summed E-state index contributed by atoms with van der Waals surface area (Å²) in [6, 6.07) is 10.6. The van der Waals surface area contributed by atoms with Crippen molar-refractivity contribution in [1.82, 2.24) is 5.32 Å². The van der Waals surface area contributed by atoms with Crippen molar-refractivity contribution in [3.8, 4) is 0 Å². The summed E-state index contributed by atoms with van der Waals surface area (Å²) in [5.74, 6) is 0. The minimum atomic E-state index is 0.260. The first kappa shape index (κ1) is 13.6. The Labute approximate surface area is 112 Å². The van der Waals surface area contributed by atoms with Crippen LogP contribution in [0.4, 0.5) is 0 Å². The van der Waals surface area contributed by atoms with Crippen molar-refractivity contribution in [2.24, 2.45) is 0 Å². The lowest BCUT2D eigenvalue weighted by molar-refractivity contribution is 0.333. The fourth-order valence-corrected chi connectivity index (χ4v) is 2.83. The molecule has 0 spiro atoms. The summed E-state index contributed by atoms with van der Waals surface area (Å²) in [5, 5.41) is 3.71. The number of benzene rings is 1. The summed E-state index contributed by atoms with van der Waals surface area (Å²) >= 11 is 0. The van der Waals surface area contributed by atoms with E-state index in [9.17, 15) is 0 Å². The Bertz CT molecular complexity index is 372. The molecule has 1 aromatic carbocycles. The Morgan fingerprint density at radius 3 is 2.33 bits per heavy atom. The molecular weight excluding hydrogens is 218 g/mol. The second-order valence-corrected chi connectivity index (χ2v) is 6.85. The maximum atomic E-state index is 3.71. The van der Waals surface area contributed by atoms with Crippen molar-refractivity contribution >= 4 is 0 Å². The molecule has 0 amide bonds. The molecule has 1 fully saturated rings. The molecule has 18 heavy (non-hydrogen) atoms. The highest BCUT2D eigenvalue weighted by Gasteiger charge is 2.18. The van der Waals surface area contributed by atoms with Gasteiger partial charge in [-0.25, -0.2) is 0 Å². The number of hydrogen-bond acceptors (Lipinski definition) is 1. The first-order valence-corrected chi connectivity index (χ1v) is 7.30. The Morgan fingerprint density at radius 2 is 1.78 bits per heavy atom. The van der Waals surface area contributed by atoms with Gasteiger partial charge in [0.1, 0.15) is 0 Å². The van der Waals surface area contributed by atoms with Gasteiger partial charge in [-0.2, -0.15) is 0 Å². The van der Waals surface area contributed by atoms with Gasteiger partial charge in [-0.1, -0.05) is 51.5 Å². The molecule has 0 aromatic heterocycles. The van der Waals surface area contributed by atoms with Gasteiger partial charge in [-0.15, -0.1) is 0 Å². The Hall–Kier alpha value is -0.820. The highest BCUT2D eigenvalue weighted by Crippen LogP contribution is 2.23. The molecule has 0 radical (unpaired) electrons. The summed E-state index contributed by atoms with van der Waals surface area (Å²) < 4.78 is 0. The first-order valence-electron chi connectivity index (χ1n) is 7.30. The van der Waals surface area contributed by atoms with Crippen molar-refractivity contribution in [3.05, 3.63) is 35.4 Å². The van der Waals surface area contributed by atoms with E-state index in [0.29, 0.717) is 12.1 Å². The third kappa shape index (κ3) is 3.58. The predicted octanol–water partition coefficient (Wildman–Crippen LogP) is 4.06. The van der Waals surface area contributed by atoms with Crippen molar-refractivity contribution in [2.75, 3.05) is 0 Å². The van der Waals surface area contributed by atoms with E-state index in [1.165, 1.54) is 36.8 Å². The summed E-state index contributed by atoms with van der Waals surface area (Å²) in [5.41, 5.74) is 3.15. The van der Waals surface area contributed by atoms with Crippen LogP contribution in [0.15, 0.2) is 24.3 Å². The lowest BCUT2D eigenvalue weighted by Crippen LogP contribution is -2.41. The fraction of sp³-hybridized carbons (Fsp3) is 0.647. The molecule has 1 aromatic rings. The largest absolute Gasteiger partial charge is 0.311 e. The normalized spacial score (nSPS) is 25.1. The molecule has 1 aliphatic heterocycles. The molecule has 1 saturated heterocycles. The van der Waals surface area contributed by atoms with Gasteiger partial charge in [0.05, 0.1) is 0 Å². The van der Waals surface area contributed by atoms with E-state index in [4.69, 9.17) is 0 Å². The van der Waals surface area contributed by atoms with Gasteiger partial charge in [-0.05, 0) is 42.7 Å². The Kier molecular flexibility index (Phi) is 4.11. The third-order valence-electron chi connectivity index (χ3n) is 4.01. The van der Waals surface area contributed by atoms with Gasteiger partial charge >= 0.3 is 0 Å². The zero-order chi connectivity index (χ0) is 13.2. The molecule has 1 heterocycles. The van der Waals surface area contributed by atoms with E-state index in [1.807, 2.05) is 0 Å². The highest BCUT2D eigenvalue weighted by atomic mass is 15.0. The van der Waals surface area contributed by atoms with E-state index < -0.39 is 0 Å². The molecule has 0 bridgehead atoms. The molecule has 2 unspecified atom stereocenters. The summed E-state index contributed by atoms with van der Waals surface area (Å²) in [6.45, 7) is 9.11. The van der Waals surface area contributed by atoms with E-state index in [1.54, 1.807) is 0 Å². The van der Waals surface area contributed by atoms with Crippen LogP contribution in [0.1, 0.15) is 58.1 Å². The van der Waals surface area contributed by atoms with Crippen LogP contribution in [0.2, 0.25) is 0 Å². The lowest BCUT2D eigenvalue weighted by atomic mass is 9.86. The lowest BCUT2D eigenvalue weighted by Gasteiger charge is -2.29. The smallest absolute Gasteiger partial charge is 0.0110 e. The van der Waals surface area contributed by atoms with Crippen molar-refractivity contribution in [3.63, 3.8) is 0 Å². The van der Waals surface area contributed by atoms with Crippen molar-refractivity contribution in [2.45, 2.75) is 70.9 Å². The van der Waals surface area contributed by atoms with Gasteiger partial charge in [0.25, 0.3) is 0 Å². The summed E-state index contributed by atoms with van der Waals surface area (Å²) in [4.78, 5) is 0. The van der Waals surface area contributed by atoms with Crippen LogP contribution in [-0.2, 0) is 11.8 Å². The average Bonchev–Trinajstić information content (AvgIpc) is 2.28. The monoisotopic (exact) mass is 245 g/mol. The van der Waals surface area contributed by atoms with Crippen LogP contribution in [0.3, 0.4) is 0 Å². The molecule has 0 aliphatic carbocycles. The quantitative estimate of drug-likeness (QED) is 0.828. The van der Waals surface area contributed by atoms with Crippen LogP contribution in [-0.4, -0.2) is 12.1 Å². The van der Waals surface area contributed by atoms with Gasteiger partial charge in [-0.3, -0.25) is 0 Å². The molecule has 100 valence electrons. The number of rotatable bonds is 2. The molecule has 1 N–H and O–H groups in total. The maximum Gasteiger partial charge on any atom is 0.0110 e. The molecule has 1 heteroatoms. The molecular formula is C17H27N. The standard InChI is InChI=1S/C17H27N/c1-13-6-5-7-16(18-13)12-14-8-10-15(11-9-14)17(2,3)4/h8-11,13,16,18H,5-7,12H2,1-4H3. The SMILES string of the molecule is CC1CCCC(Cc2ccc(C(C)(C)C)cc2)N1. The van der Waals surface area contributed by atoms with Crippen LogP contribution in [0, 0.1) is 0 Å². The number of hydrogen-bond donors (Lipinski definition) is 1. The van der Waals surface area contributed by atoms with Gasteiger partial charge < -0.3 is 5.32 Å². The van der Waals surface area contributed by atoms with Gasteiger partial charge in [0.15, 0.2) is 0 Å². The first-order chi connectivity index (χ1) is 8.45. The maximum absolute atomic E-state index is 3.71. The molecule has 1 aliphatic rings. The fourth-order valence-electron chi connectivity index (χ4n) is 2.83. The molecule has 1 nitrogen and oxygen atoms in total. The van der Waals surface area contributed by atoms with Crippen LogP contribution in [0.25, 0.3) is 0 Å². The summed E-state index contributed by atoms with van der Waals surface area (Å²) in [6.07, 6.45) is 5.21. The number of piperidine rings is 1. The van der Waals surface area contributed by atoms with Crippen LogP contribution < -0.4 is 5.32 Å². The Morgan fingerprint density at radius 1 is 1.11 bits per heavy atom. The zero-order valence-electron chi connectivity index (χ0n) is 12.3. The van der Waals surface area contributed by atoms with E-state index in [-0.39, 0.29) is 5.41 Å². The average molecular weight is 245 g/mol.